The van der Waals surface area contributed by atoms with Crippen molar-refractivity contribution in [1.82, 2.24) is 9.79 Å². The number of nitrogens with zero attached hydrogens (tertiary/aromatic N) is 1. The zero-order valence-corrected chi connectivity index (χ0v) is 17.8. The highest BCUT2D eigenvalue weighted by atomic mass is 32.2. The van der Waals surface area contributed by atoms with E-state index in [2.05, 4.69) is 0 Å². The fraction of sp³-hybridized carbons (Fsp3) is 0.381. The zero-order valence-electron chi connectivity index (χ0n) is 17.0. The smallest absolute Gasteiger partial charge is 0.264 e. The van der Waals surface area contributed by atoms with Gasteiger partial charge in [-0.05, 0) is 61.7 Å². The number of piperidine rings is 1. The Morgan fingerprint density at radius 2 is 1.87 bits per heavy atom. The first kappa shape index (κ1) is 23.1. The van der Waals surface area contributed by atoms with Gasteiger partial charge in [-0.1, -0.05) is 12.1 Å². The minimum Gasteiger partial charge on any atom is -0.493 e. The molecular formula is C21H25FN2O6S. The van der Waals surface area contributed by atoms with E-state index in [1.54, 1.807) is 12.1 Å². The quantitative estimate of drug-likeness (QED) is 0.436. The normalized spacial score (nSPS) is 22.1. The number of carbonyl (C=O) groups is 1. The lowest BCUT2D eigenvalue weighted by Crippen LogP contribution is -2.62. The first-order valence-electron chi connectivity index (χ1n) is 9.80. The molecule has 0 saturated carbocycles. The Balaban J connectivity index is 1.71. The van der Waals surface area contributed by atoms with Crippen LogP contribution in [0, 0.1) is 5.82 Å². The minimum atomic E-state index is -4.11. The lowest BCUT2D eigenvalue weighted by atomic mass is 9.87. The Hall–Kier alpha value is -2.53. The molecule has 2 unspecified atom stereocenters. The van der Waals surface area contributed by atoms with Gasteiger partial charge in [0.05, 0.1) is 17.1 Å². The molecule has 1 fully saturated rings. The Morgan fingerprint density at radius 1 is 1.23 bits per heavy atom. The monoisotopic (exact) mass is 452 g/mol. The second-order valence-electron chi connectivity index (χ2n) is 7.65. The predicted octanol–water partition coefficient (Wildman–Crippen LogP) is 1.86. The molecule has 31 heavy (non-hydrogen) atoms. The summed E-state index contributed by atoms with van der Waals surface area (Å²) < 4.78 is 45.7. The van der Waals surface area contributed by atoms with Crippen LogP contribution < -0.4 is 10.2 Å². The SMILES string of the molecule is CC1(O)CCCN(S(=O)(=O)c2ccc(OCCc3ccc(F)cc3)cc2)C1C(=O)NO. The van der Waals surface area contributed by atoms with E-state index in [4.69, 9.17) is 9.94 Å². The van der Waals surface area contributed by atoms with Crippen LogP contribution in [0.2, 0.25) is 0 Å². The van der Waals surface area contributed by atoms with E-state index in [0.29, 0.717) is 25.2 Å². The molecule has 1 aliphatic rings. The van der Waals surface area contributed by atoms with Crippen molar-refractivity contribution in [3.05, 3.63) is 59.9 Å². The van der Waals surface area contributed by atoms with Crippen molar-refractivity contribution in [2.75, 3.05) is 13.2 Å². The average Bonchev–Trinajstić information content (AvgIpc) is 2.74. The van der Waals surface area contributed by atoms with Crippen molar-refractivity contribution in [2.45, 2.75) is 42.7 Å². The standard InChI is InChI=1S/C21H25FN2O6S/c1-21(26)12-2-13-24(19(21)20(25)23-27)31(28,29)18-9-7-17(8-10-18)30-14-11-15-3-5-16(22)6-4-15/h3-10,19,26-27H,2,11-14H2,1H3,(H,23,25). The van der Waals surface area contributed by atoms with Gasteiger partial charge in [-0.25, -0.2) is 18.3 Å². The Labute approximate surface area is 180 Å². The number of aliphatic hydroxyl groups is 1. The van der Waals surface area contributed by atoms with Gasteiger partial charge in [0.25, 0.3) is 5.91 Å². The summed E-state index contributed by atoms with van der Waals surface area (Å²) in [5, 5.41) is 19.6. The van der Waals surface area contributed by atoms with Gasteiger partial charge in [-0.3, -0.25) is 10.0 Å². The van der Waals surface area contributed by atoms with E-state index in [9.17, 15) is 22.7 Å². The van der Waals surface area contributed by atoms with Gasteiger partial charge in [0.15, 0.2) is 0 Å². The molecule has 2 aromatic carbocycles. The first-order valence-corrected chi connectivity index (χ1v) is 11.2. The molecule has 0 bridgehead atoms. The summed E-state index contributed by atoms with van der Waals surface area (Å²) in [6, 6.07) is 10.3. The highest BCUT2D eigenvalue weighted by Gasteiger charge is 2.49. The molecular weight excluding hydrogens is 427 g/mol. The van der Waals surface area contributed by atoms with Gasteiger partial charge in [0, 0.05) is 13.0 Å². The fourth-order valence-electron chi connectivity index (χ4n) is 3.68. The molecule has 1 heterocycles. The van der Waals surface area contributed by atoms with Crippen LogP contribution in [-0.2, 0) is 21.2 Å². The molecule has 0 aliphatic carbocycles. The lowest BCUT2D eigenvalue weighted by Gasteiger charge is -2.42. The molecule has 8 nitrogen and oxygen atoms in total. The van der Waals surface area contributed by atoms with Crippen molar-refractivity contribution >= 4 is 15.9 Å². The highest BCUT2D eigenvalue weighted by Crippen LogP contribution is 2.32. The molecule has 10 heteroatoms. The summed E-state index contributed by atoms with van der Waals surface area (Å²) in [6.45, 7) is 1.73. The maximum atomic E-state index is 13.1. The summed E-state index contributed by atoms with van der Waals surface area (Å²) in [5.41, 5.74) is 0.732. The predicted molar refractivity (Wildman–Crippen MR) is 110 cm³/mol. The molecule has 3 rings (SSSR count). The average molecular weight is 453 g/mol. The van der Waals surface area contributed by atoms with Gasteiger partial charge in [0.2, 0.25) is 10.0 Å². The third-order valence-corrected chi connectivity index (χ3v) is 7.18. The number of benzene rings is 2. The van der Waals surface area contributed by atoms with Gasteiger partial charge in [-0.2, -0.15) is 4.31 Å². The zero-order chi connectivity index (χ0) is 22.6. The number of ether oxygens (including phenoxy) is 1. The topological polar surface area (TPSA) is 116 Å². The molecule has 0 aromatic heterocycles. The summed E-state index contributed by atoms with van der Waals surface area (Å²) in [6.07, 6.45) is 1.14. The lowest BCUT2D eigenvalue weighted by molar-refractivity contribution is -0.144. The van der Waals surface area contributed by atoms with Crippen LogP contribution in [0.15, 0.2) is 53.4 Å². The largest absolute Gasteiger partial charge is 0.493 e. The number of halogens is 1. The van der Waals surface area contributed by atoms with E-state index in [1.165, 1.54) is 48.8 Å². The Kier molecular flexibility index (Phi) is 6.95. The maximum absolute atomic E-state index is 13.1. The third kappa shape index (κ3) is 5.21. The Morgan fingerprint density at radius 3 is 2.48 bits per heavy atom. The molecule has 2 aromatic rings. The van der Waals surface area contributed by atoms with Crippen LogP contribution in [0.1, 0.15) is 25.3 Å². The molecule has 3 N–H and O–H groups in total. The van der Waals surface area contributed by atoms with Crippen LogP contribution in [0.5, 0.6) is 5.75 Å². The van der Waals surface area contributed by atoms with Crippen LogP contribution in [-0.4, -0.2) is 53.7 Å². The number of sulfonamides is 1. The summed E-state index contributed by atoms with van der Waals surface area (Å²) >= 11 is 0. The minimum absolute atomic E-state index is 0.0342. The van der Waals surface area contributed by atoms with Crippen LogP contribution in [0.25, 0.3) is 0 Å². The molecule has 0 spiro atoms. The van der Waals surface area contributed by atoms with Gasteiger partial charge >= 0.3 is 0 Å². The van der Waals surface area contributed by atoms with Gasteiger partial charge < -0.3 is 9.84 Å². The second kappa shape index (κ2) is 9.31. The van der Waals surface area contributed by atoms with Crippen molar-refractivity contribution < 1.29 is 32.7 Å². The number of nitrogens with one attached hydrogen (secondary N) is 1. The molecule has 1 saturated heterocycles. The third-order valence-electron chi connectivity index (χ3n) is 5.30. The molecule has 2 atom stereocenters. The van der Waals surface area contributed by atoms with Gasteiger partial charge in [-0.15, -0.1) is 0 Å². The van der Waals surface area contributed by atoms with E-state index in [0.717, 1.165) is 9.87 Å². The first-order chi connectivity index (χ1) is 14.6. The Bertz CT molecular complexity index is 1010. The second-order valence-corrected chi connectivity index (χ2v) is 9.54. The number of rotatable bonds is 7. The van der Waals surface area contributed by atoms with E-state index in [-0.39, 0.29) is 23.7 Å². The summed E-state index contributed by atoms with van der Waals surface area (Å²) in [7, 11) is -4.11. The van der Waals surface area contributed by atoms with Crippen LogP contribution >= 0.6 is 0 Å². The van der Waals surface area contributed by atoms with Gasteiger partial charge in [0.1, 0.15) is 17.6 Å². The van der Waals surface area contributed by atoms with Crippen molar-refractivity contribution in [3.63, 3.8) is 0 Å². The van der Waals surface area contributed by atoms with Crippen molar-refractivity contribution in [2.24, 2.45) is 0 Å². The molecule has 0 radical (unpaired) electrons. The van der Waals surface area contributed by atoms with E-state index < -0.39 is 27.6 Å². The fourth-order valence-corrected chi connectivity index (χ4v) is 5.40. The maximum Gasteiger partial charge on any atom is 0.264 e. The number of hydrogen-bond acceptors (Lipinski definition) is 6. The molecule has 1 amide bonds. The van der Waals surface area contributed by atoms with Crippen molar-refractivity contribution in [1.29, 1.82) is 0 Å². The number of hydroxylamine groups is 1. The van der Waals surface area contributed by atoms with E-state index >= 15 is 0 Å². The number of amides is 1. The van der Waals surface area contributed by atoms with E-state index in [1.807, 2.05) is 0 Å². The molecule has 168 valence electrons. The number of hydrogen-bond donors (Lipinski definition) is 3. The van der Waals surface area contributed by atoms with Crippen molar-refractivity contribution in [3.8, 4) is 5.75 Å². The molecule has 1 aliphatic heterocycles. The van der Waals surface area contributed by atoms with Crippen LogP contribution in [0.3, 0.4) is 0 Å². The van der Waals surface area contributed by atoms with Crippen LogP contribution in [0.4, 0.5) is 4.39 Å². The summed E-state index contributed by atoms with van der Waals surface area (Å²) in [5.74, 6) is -0.847. The highest BCUT2D eigenvalue weighted by molar-refractivity contribution is 7.89. The summed E-state index contributed by atoms with van der Waals surface area (Å²) in [4.78, 5) is 12.0. The number of carbonyl (C=O) groups excluding carboxylic acids is 1.